The fourth-order valence-electron chi connectivity index (χ4n) is 3.50. The van der Waals surface area contributed by atoms with Gasteiger partial charge < -0.3 is 24.1 Å². The second-order valence-corrected chi connectivity index (χ2v) is 10.7. The summed E-state index contributed by atoms with van der Waals surface area (Å²) in [4.78, 5) is 0. The Hall–Kier alpha value is -0.590. The maximum Gasteiger partial charge on any atom is 0.397 e. The van der Waals surface area contributed by atoms with Gasteiger partial charge in [0.25, 0.3) is 0 Å². The third kappa shape index (κ3) is 7.96. The van der Waals surface area contributed by atoms with Gasteiger partial charge in [-0.2, -0.15) is 25.3 Å². The third-order valence-electron chi connectivity index (χ3n) is 5.18. The number of aliphatic hydroxyl groups excluding tert-OH is 1. The van der Waals surface area contributed by atoms with Gasteiger partial charge in [0.2, 0.25) is 0 Å². The van der Waals surface area contributed by atoms with E-state index in [-0.39, 0.29) is 0 Å². The van der Waals surface area contributed by atoms with E-state index in [1.165, 1.54) is 20.8 Å². The molecule has 10 atom stereocenters. The molecule has 0 spiro atoms. The molecule has 0 aromatic heterocycles. The first kappa shape index (κ1) is 29.6. The van der Waals surface area contributed by atoms with E-state index >= 15 is 0 Å². The van der Waals surface area contributed by atoms with Gasteiger partial charge in [0, 0.05) is 13.0 Å². The van der Waals surface area contributed by atoms with Gasteiger partial charge >= 0.3 is 31.2 Å². The van der Waals surface area contributed by atoms with Crippen molar-refractivity contribution in [1.29, 1.82) is 0 Å². The lowest BCUT2D eigenvalue weighted by Crippen LogP contribution is -2.63. The molecule has 2 rings (SSSR count). The Bertz CT molecular complexity index is 1010. The van der Waals surface area contributed by atoms with Crippen molar-refractivity contribution in [3.05, 3.63) is 0 Å². The molecule has 0 amide bonds. The monoisotopic (exact) mass is 562 g/mol. The van der Waals surface area contributed by atoms with E-state index in [1.54, 1.807) is 0 Å². The van der Waals surface area contributed by atoms with Gasteiger partial charge in [0.15, 0.2) is 24.8 Å². The highest BCUT2D eigenvalue weighted by atomic mass is 32.3. The largest absolute Gasteiger partial charge is 0.397 e. The maximum absolute atomic E-state index is 11.4. The topological polar surface area (TPSA) is 248 Å². The van der Waals surface area contributed by atoms with Crippen molar-refractivity contribution >= 4 is 31.2 Å². The lowest BCUT2D eigenvalue weighted by atomic mass is 9.91. The summed E-state index contributed by atoms with van der Waals surface area (Å²) >= 11 is 0. The first-order valence-electron chi connectivity index (χ1n) is 9.47. The molecule has 0 radical (unpaired) electrons. The molecule has 2 heterocycles. The quantitative estimate of drug-likeness (QED) is 0.223. The van der Waals surface area contributed by atoms with Crippen LogP contribution in [0.5, 0.6) is 0 Å². The van der Waals surface area contributed by atoms with Gasteiger partial charge in [0.1, 0.15) is 18.3 Å². The van der Waals surface area contributed by atoms with Crippen LogP contribution in [-0.2, 0) is 62.7 Å². The Labute approximate surface area is 196 Å². The normalized spacial score (nSPS) is 40.2. The SMILES string of the molecule is COC1O[C@H](C)C(O)C(OC2O[C@H](C)C(C)[C@@H](OS(=O)(=O)O)[C@H]2OS(=O)(=O)O)[C@H]1OS(=O)(=O)O. The molecule has 2 aliphatic rings. The molecule has 2 aliphatic heterocycles. The summed E-state index contributed by atoms with van der Waals surface area (Å²) in [6.07, 6.45) is -14.9. The summed E-state index contributed by atoms with van der Waals surface area (Å²) in [5, 5.41) is 10.5. The molecular formula is C14H26O17S3. The molecule has 0 aromatic carbocycles. The standard InChI is InChI=1S/C14H26O17S3/c1-5-6(2)26-14(11(30-33(19,20)21)9(5)29-32(16,17)18)28-10-8(15)7(3)27-13(25-4)12(10)31-34(22,23)24/h5-15H,1-4H3,(H,16,17,18)(H,19,20,21)(H,22,23,24)/t5?,6-,7-,8?,9-,10?,11-,12-,13?,14?/m1/s1. The maximum atomic E-state index is 11.4. The average molecular weight is 563 g/mol. The smallest absolute Gasteiger partial charge is 0.388 e. The van der Waals surface area contributed by atoms with Crippen molar-refractivity contribution in [2.24, 2.45) is 5.92 Å². The summed E-state index contributed by atoms with van der Waals surface area (Å²) in [5.74, 6) is -0.983. The summed E-state index contributed by atoms with van der Waals surface area (Å²) in [6.45, 7) is 4.06. The summed E-state index contributed by atoms with van der Waals surface area (Å²) in [7, 11) is -14.6. The number of rotatable bonds is 9. The van der Waals surface area contributed by atoms with Crippen molar-refractivity contribution in [3.8, 4) is 0 Å². The highest BCUT2D eigenvalue weighted by Gasteiger charge is 2.53. The van der Waals surface area contributed by atoms with E-state index < -0.39 is 92.4 Å². The minimum absolute atomic E-state index is 0.966. The van der Waals surface area contributed by atoms with Crippen LogP contribution in [-0.4, -0.2) is 106 Å². The molecule has 4 N–H and O–H groups in total. The van der Waals surface area contributed by atoms with Crippen LogP contribution in [0.25, 0.3) is 0 Å². The second-order valence-electron chi connectivity index (χ2n) is 7.57. The van der Waals surface area contributed by atoms with Crippen molar-refractivity contribution in [3.63, 3.8) is 0 Å². The van der Waals surface area contributed by atoms with Gasteiger partial charge in [-0.15, -0.1) is 0 Å². The van der Waals surface area contributed by atoms with Crippen molar-refractivity contribution in [1.82, 2.24) is 0 Å². The first-order valence-corrected chi connectivity index (χ1v) is 13.6. The fourth-order valence-corrected chi connectivity index (χ4v) is 5.02. The molecule has 20 heteroatoms. The van der Waals surface area contributed by atoms with Crippen LogP contribution in [0.15, 0.2) is 0 Å². The predicted octanol–water partition coefficient (Wildman–Crippen LogP) is -1.93. The predicted molar refractivity (Wildman–Crippen MR) is 105 cm³/mol. The Morgan fingerprint density at radius 2 is 1.06 bits per heavy atom. The molecule has 5 unspecified atom stereocenters. The lowest BCUT2D eigenvalue weighted by Gasteiger charge is -2.47. The van der Waals surface area contributed by atoms with Crippen LogP contribution in [0, 0.1) is 5.92 Å². The second kappa shape index (κ2) is 10.8. The number of hydrogen-bond acceptors (Lipinski definition) is 14. The molecule has 0 bridgehead atoms. The van der Waals surface area contributed by atoms with E-state index in [9.17, 15) is 34.9 Å². The highest BCUT2D eigenvalue weighted by Crippen LogP contribution is 2.35. The van der Waals surface area contributed by atoms with Gasteiger partial charge in [-0.05, 0) is 13.8 Å². The van der Waals surface area contributed by atoms with Gasteiger partial charge in [-0.25, -0.2) is 12.5 Å². The zero-order chi connectivity index (χ0) is 26.2. The fraction of sp³-hybridized carbons (Fsp3) is 1.00. The Morgan fingerprint density at radius 1 is 0.647 bits per heavy atom. The van der Waals surface area contributed by atoms with Crippen LogP contribution < -0.4 is 0 Å². The molecule has 2 fully saturated rings. The van der Waals surface area contributed by atoms with Crippen molar-refractivity contribution in [2.45, 2.75) is 76.1 Å². The molecule has 34 heavy (non-hydrogen) atoms. The van der Waals surface area contributed by atoms with Crippen LogP contribution in [0.1, 0.15) is 20.8 Å². The van der Waals surface area contributed by atoms with Crippen LogP contribution >= 0.6 is 0 Å². The zero-order valence-electron chi connectivity index (χ0n) is 18.1. The molecule has 0 saturated carbocycles. The van der Waals surface area contributed by atoms with E-state index in [0.717, 1.165) is 7.11 Å². The van der Waals surface area contributed by atoms with E-state index in [2.05, 4.69) is 12.5 Å². The third-order valence-corrected chi connectivity index (χ3v) is 6.58. The molecule has 17 nitrogen and oxygen atoms in total. The van der Waals surface area contributed by atoms with Crippen molar-refractivity contribution < 1.29 is 75.5 Å². The first-order chi connectivity index (χ1) is 15.3. The minimum atomic E-state index is -5.30. The van der Waals surface area contributed by atoms with Crippen LogP contribution in [0.4, 0.5) is 0 Å². The van der Waals surface area contributed by atoms with Crippen LogP contribution in [0.2, 0.25) is 0 Å². The number of hydrogen-bond donors (Lipinski definition) is 4. The summed E-state index contributed by atoms with van der Waals surface area (Å²) < 4.78 is 130. The Kier molecular flexibility index (Phi) is 9.42. The van der Waals surface area contributed by atoms with E-state index in [0.29, 0.717) is 0 Å². The highest BCUT2D eigenvalue weighted by molar-refractivity contribution is 7.81. The Balaban J connectivity index is 2.50. The van der Waals surface area contributed by atoms with E-state index in [4.69, 9.17) is 28.1 Å². The van der Waals surface area contributed by atoms with Gasteiger partial charge in [-0.1, -0.05) is 6.92 Å². The average Bonchev–Trinajstić information content (AvgIpc) is 2.65. The number of ether oxygens (including phenoxy) is 4. The molecule has 0 aliphatic carbocycles. The summed E-state index contributed by atoms with van der Waals surface area (Å²) in [5.41, 5.74) is 0. The van der Waals surface area contributed by atoms with Gasteiger partial charge in [-0.3, -0.25) is 13.7 Å². The molecule has 0 aromatic rings. The van der Waals surface area contributed by atoms with Gasteiger partial charge in [0.05, 0.1) is 12.2 Å². The van der Waals surface area contributed by atoms with Crippen molar-refractivity contribution in [2.75, 3.05) is 7.11 Å². The number of aliphatic hydroxyl groups is 1. The van der Waals surface area contributed by atoms with Crippen LogP contribution in [0.3, 0.4) is 0 Å². The van der Waals surface area contributed by atoms with E-state index in [1.807, 2.05) is 0 Å². The molecule has 202 valence electrons. The Morgan fingerprint density at radius 3 is 1.50 bits per heavy atom. The number of methoxy groups -OCH3 is 1. The molecule has 2 saturated heterocycles. The minimum Gasteiger partial charge on any atom is -0.388 e. The lowest BCUT2D eigenvalue weighted by molar-refractivity contribution is -0.340. The summed E-state index contributed by atoms with van der Waals surface area (Å²) in [6, 6.07) is 0. The zero-order valence-corrected chi connectivity index (χ0v) is 20.5. The molecular weight excluding hydrogens is 536 g/mol.